The number of ether oxygens (including phenoxy) is 5. The third-order valence-electron chi connectivity index (χ3n) is 8.49. The highest BCUT2D eigenvalue weighted by Gasteiger charge is 2.52. The minimum Gasteiger partial charge on any atom is -0.360 e. The van der Waals surface area contributed by atoms with E-state index >= 15 is 0 Å². The van der Waals surface area contributed by atoms with Crippen LogP contribution >= 0.6 is 0 Å². The summed E-state index contributed by atoms with van der Waals surface area (Å²) < 4.78 is 32.8. The van der Waals surface area contributed by atoms with Gasteiger partial charge in [0.05, 0.1) is 13.2 Å². The van der Waals surface area contributed by atoms with E-state index in [1.165, 1.54) is 57.8 Å². The molecule has 0 aromatic carbocycles. The van der Waals surface area contributed by atoms with Gasteiger partial charge in [0.1, 0.15) is 30.8 Å². The summed E-state index contributed by atoms with van der Waals surface area (Å²) in [6, 6.07) is 0. The molecule has 6 fully saturated rings. The van der Waals surface area contributed by atoms with Crippen molar-refractivity contribution in [2.24, 2.45) is 0 Å². The van der Waals surface area contributed by atoms with Gasteiger partial charge < -0.3 is 23.7 Å². The summed E-state index contributed by atoms with van der Waals surface area (Å²) in [4.78, 5) is 7.42. The van der Waals surface area contributed by atoms with Crippen molar-refractivity contribution in [2.45, 2.75) is 107 Å². The van der Waals surface area contributed by atoms with Crippen molar-refractivity contribution in [3.63, 3.8) is 0 Å². The number of likely N-dealkylation sites (tertiary alicyclic amines) is 3. The van der Waals surface area contributed by atoms with Crippen LogP contribution in [0.25, 0.3) is 0 Å². The van der Waals surface area contributed by atoms with Crippen molar-refractivity contribution < 1.29 is 23.7 Å². The second-order valence-electron chi connectivity index (χ2n) is 10.8. The van der Waals surface area contributed by atoms with Crippen LogP contribution in [0.1, 0.15) is 64.2 Å². The standard InChI is InChI=1S/C25H43N3O5/c1-4-11-26(12-5-1)22-19(10-17-29-22)31-25-24(28-15-8-3-9-16-28)33-21-20(32-25)18-30-23(21)27-13-6-2-7-14-27/h19-25H,1-18H2/t19-,20+,21-,22-,23+,24-,25+/m1/s1. The molecule has 0 amide bonds. The van der Waals surface area contributed by atoms with Crippen molar-refractivity contribution in [1.29, 1.82) is 0 Å². The summed E-state index contributed by atoms with van der Waals surface area (Å²) in [5.41, 5.74) is 0. The van der Waals surface area contributed by atoms with E-state index in [9.17, 15) is 0 Å². The van der Waals surface area contributed by atoms with Gasteiger partial charge in [0.15, 0.2) is 12.5 Å². The molecule has 33 heavy (non-hydrogen) atoms. The third-order valence-corrected chi connectivity index (χ3v) is 8.49. The van der Waals surface area contributed by atoms with E-state index in [1.54, 1.807) is 0 Å². The highest BCUT2D eigenvalue weighted by molar-refractivity contribution is 4.93. The van der Waals surface area contributed by atoms with E-state index in [4.69, 9.17) is 23.7 Å². The fraction of sp³-hybridized carbons (Fsp3) is 1.00. The van der Waals surface area contributed by atoms with Crippen LogP contribution in [0.15, 0.2) is 0 Å². The van der Waals surface area contributed by atoms with Crippen LogP contribution in [-0.4, -0.2) is 110 Å². The highest BCUT2D eigenvalue weighted by Crippen LogP contribution is 2.36. The lowest BCUT2D eigenvalue weighted by Gasteiger charge is -2.47. The molecule has 6 aliphatic rings. The molecule has 0 unspecified atom stereocenters. The SMILES string of the molecule is C1CCN([C@@H]2O[C@@H]3[C@H](CO[C@@H]3N3CCCCC3)O[C@@H]2O[C@@H]2CCO[C@H]2N2CCCCC2)CC1. The Hall–Kier alpha value is -0.320. The average Bonchev–Trinajstić information content (AvgIpc) is 3.52. The third kappa shape index (κ3) is 5.00. The number of nitrogens with zero attached hydrogens (tertiary/aromatic N) is 3. The van der Waals surface area contributed by atoms with Crippen LogP contribution in [0.3, 0.4) is 0 Å². The van der Waals surface area contributed by atoms with Gasteiger partial charge in [0.25, 0.3) is 0 Å². The van der Waals surface area contributed by atoms with Gasteiger partial charge in [-0.15, -0.1) is 0 Å². The van der Waals surface area contributed by atoms with Gasteiger partial charge in [0, 0.05) is 45.7 Å². The molecule has 6 heterocycles. The molecule has 8 nitrogen and oxygen atoms in total. The fourth-order valence-corrected chi connectivity index (χ4v) is 6.70. The molecule has 6 aliphatic heterocycles. The summed E-state index contributed by atoms with van der Waals surface area (Å²) in [5, 5.41) is 0. The smallest absolute Gasteiger partial charge is 0.198 e. The topological polar surface area (TPSA) is 55.9 Å². The molecule has 8 heteroatoms. The van der Waals surface area contributed by atoms with E-state index in [0.717, 1.165) is 52.3 Å². The Kier molecular flexibility index (Phi) is 7.52. The lowest BCUT2D eigenvalue weighted by molar-refractivity contribution is -0.343. The van der Waals surface area contributed by atoms with Crippen LogP contribution in [0.4, 0.5) is 0 Å². The van der Waals surface area contributed by atoms with E-state index < -0.39 is 0 Å². The van der Waals surface area contributed by atoms with Crippen LogP contribution in [0.5, 0.6) is 0 Å². The maximum Gasteiger partial charge on any atom is 0.198 e. The summed E-state index contributed by atoms with van der Waals surface area (Å²) in [5.74, 6) is 0. The minimum atomic E-state index is -0.382. The summed E-state index contributed by atoms with van der Waals surface area (Å²) >= 11 is 0. The molecule has 188 valence electrons. The molecule has 0 spiro atoms. The van der Waals surface area contributed by atoms with Crippen molar-refractivity contribution in [2.75, 3.05) is 52.5 Å². The first-order chi connectivity index (χ1) is 16.4. The Balaban J connectivity index is 1.16. The monoisotopic (exact) mass is 465 g/mol. The van der Waals surface area contributed by atoms with E-state index in [0.29, 0.717) is 6.61 Å². The van der Waals surface area contributed by atoms with Gasteiger partial charge in [-0.05, 0) is 38.5 Å². The maximum absolute atomic E-state index is 6.87. The first-order valence-electron chi connectivity index (χ1n) is 13.8. The molecule has 7 atom stereocenters. The summed E-state index contributed by atoms with van der Waals surface area (Å²) in [6.45, 7) is 7.88. The van der Waals surface area contributed by atoms with Gasteiger partial charge in [-0.1, -0.05) is 19.3 Å². The number of fused-ring (bicyclic) bond motifs is 1. The average molecular weight is 466 g/mol. The number of hydrogen-bond acceptors (Lipinski definition) is 8. The van der Waals surface area contributed by atoms with Crippen LogP contribution in [-0.2, 0) is 23.7 Å². The number of rotatable bonds is 5. The molecule has 6 saturated heterocycles. The Bertz CT molecular complexity index is 623. The molecular formula is C25H43N3O5. The summed E-state index contributed by atoms with van der Waals surface area (Å²) in [6.07, 6.45) is 11.8. The van der Waals surface area contributed by atoms with Crippen molar-refractivity contribution in [1.82, 2.24) is 14.7 Å². The van der Waals surface area contributed by atoms with E-state index in [2.05, 4.69) is 14.7 Å². The Morgan fingerprint density at radius 1 is 0.576 bits per heavy atom. The molecule has 0 N–H and O–H groups in total. The molecule has 0 aromatic rings. The van der Waals surface area contributed by atoms with Gasteiger partial charge in [-0.3, -0.25) is 14.7 Å². The number of piperidine rings is 3. The first kappa shape index (κ1) is 23.1. The Labute approximate surface area is 198 Å². The zero-order chi connectivity index (χ0) is 22.0. The van der Waals surface area contributed by atoms with Gasteiger partial charge in [-0.25, -0.2) is 0 Å². The Morgan fingerprint density at radius 2 is 1.15 bits per heavy atom. The second kappa shape index (κ2) is 10.7. The van der Waals surface area contributed by atoms with E-state index in [-0.39, 0.29) is 43.3 Å². The molecule has 0 aliphatic carbocycles. The lowest BCUT2D eigenvalue weighted by Crippen LogP contribution is -2.61. The van der Waals surface area contributed by atoms with E-state index in [1.807, 2.05) is 0 Å². The first-order valence-corrected chi connectivity index (χ1v) is 13.8. The lowest BCUT2D eigenvalue weighted by atomic mass is 10.1. The second-order valence-corrected chi connectivity index (χ2v) is 10.8. The van der Waals surface area contributed by atoms with Crippen LogP contribution in [0, 0.1) is 0 Å². The fourth-order valence-electron chi connectivity index (χ4n) is 6.70. The van der Waals surface area contributed by atoms with Crippen LogP contribution < -0.4 is 0 Å². The Morgan fingerprint density at radius 3 is 1.79 bits per heavy atom. The minimum absolute atomic E-state index is 0.0134. The molecular weight excluding hydrogens is 422 g/mol. The molecule has 0 bridgehead atoms. The normalized spacial score (nSPS) is 44.2. The highest BCUT2D eigenvalue weighted by atomic mass is 16.8. The summed E-state index contributed by atoms with van der Waals surface area (Å²) in [7, 11) is 0. The van der Waals surface area contributed by atoms with Gasteiger partial charge in [-0.2, -0.15) is 0 Å². The zero-order valence-electron chi connectivity index (χ0n) is 20.2. The number of hydrogen-bond donors (Lipinski definition) is 0. The largest absolute Gasteiger partial charge is 0.360 e. The molecule has 0 aromatic heterocycles. The van der Waals surface area contributed by atoms with Crippen molar-refractivity contribution in [3.05, 3.63) is 0 Å². The van der Waals surface area contributed by atoms with Crippen molar-refractivity contribution >= 4 is 0 Å². The van der Waals surface area contributed by atoms with Crippen LogP contribution in [0.2, 0.25) is 0 Å². The molecule has 6 rings (SSSR count). The molecule has 0 saturated carbocycles. The quantitative estimate of drug-likeness (QED) is 0.614. The predicted octanol–water partition coefficient (Wildman–Crippen LogP) is 2.37. The van der Waals surface area contributed by atoms with Crippen molar-refractivity contribution in [3.8, 4) is 0 Å². The zero-order valence-corrected chi connectivity index (χ0v) is 20.2. The predicted molar refractivity (Wildman–Crippen MR) is 123 cm³/mol. The van der Waals surface area contributed by atoms with Gasteiger partial charge >= 0.3 is 0 Å². The van der Waals surface area contributed by atoms with Gasteiger partial charge in [0.2, 0.25) is 0 Å². The maximum atomic E-state index is 6.87. The molecule has 0 radical (unpaired) electrons.